The maximum Gasteiger partial charge on any atom is 0.311 e. The third kappa shape index (κ3) is 10.2. The first-order valence-electron chi connectivity index (χ1n) is 14.4. The maximum absolute atomic E-state index is 12.4. The van der Waals surface area contributed by atoms with Crippen LogP contribution < -0.4 is 14.8 Å². The number of aliphatic hydroxyl groups excluding tert-OH is 2. The molecule has 3 N–H and O–H groups in total. The third-order valence-electron chi connectivity index (χ3n) is 6.97. The Kier molecular flexibility index (Phi) is 12.0. The molecule has 0 heterocycles. The lowest BCUT2D eigenvalue weighted by atomic mass is 9.98. The molecule has 1 aliphatic rings. The van der Waals surface area contributed by atoms with Gasteiger partial charge in [-0.05, 0) is 67.8 Å². The van der Waals surface area contributed by atoms with Crippen LogP contribution in [0.1, 0.15) is 42.5 Å². The number of nitrogens with one attached hydrogen (secondary N) is 1. The van der Waals surface area contributed by atoms with Crippen LogP contribution >= 0.6 is 0 Å². The van der Waals surface area contributed by atoms with Crippen LogP contribution in [0.25, 0.3) is 0 Å². The summed E-state index contributed by atoms with van der Waals surface area (Å²) in [5, 5.41) is 23.3. The normalized spacial score (nSPS) is 18.8. The molecule has 3 aromatic rings. The van der Waals surface area contributed by atoms with E-state index in [1.54, 1.807) is 60.7 Å². The SMILES string of the molecule is O=C(CCC=CCC[C@@H]1C(=O)C[C@H](O)[C@H]1OCC(O)COc1ccccc1)Oc1ccc(NC(=O)c2ccccc2)cc1. The Morgan fingerprint density at radius 3 is 2.28 bits per heavy atom. The average molecular weight is 588 g/mol. The Morgan fingerprint density at radius 2 is 1.56 bits per heavy atom. The number of anilines is 1. The number of benzene rings is 3. The molecule has 0 spiro atoms. The highest BCUT2D eigenvalue weighted by Crippen LogP contribution is 2.30. The standard InChI is InChI=1S/C34H37NO8/c36-26(22-41-27-13-7-4-8-14-27)23-42-33-29(30(37)21-31(33)38)15-9-1-2-10-16-32(39)43-28-19-17-25(18-20-28)35-34(40)24-11-5-3-6-12-24/h1-8,11-14,17-20,26,29,31,33,36,38H,9-10,15-16,21-23H2,(H,35,40)/t26?,29-,31+,33+/m1/s1. The number of amides is 1. The minimum atomic E-state index is -0.910. The molecule has 4 rings (SSSR count). The molecule has 0 radical (unpaired) electrons. The predicted octanol–water partition coefficient (Wildman–Crippen LogP) is 4.74. The van der Waals surface area contributed by atoms with Gasteiger partial charge in [0.25, 0.3) is 5.91 Å². The van der Waals surface area contributed by atoms with E-state index in [4.69, 9.17) is 14.2 Å². The van der Waals surface area contributed by atoms with Crippen molar-refractivity contribution < 1.29 is 38.8 Å². The summed E-state index contributed by atoms with van der Waals surface area (Å²) in [5.74, 6) is -0.119. The van der Waals surface area contributed by atoms with Gasteiger partial charge in [0.1, 0.15) is 30.0 Å². The highest BCUT2D eigenvalue weighted by atomic mass is 16.5. The summed E-state index contributed by atoms with van der Waals surface area (Å²) in [6.45, 7) is -0.0176. The second-order valence-electron chi connectivity index (χ2n) is 10.3. The van der Waals surface area contributed by atoms with Gasteiger partial charge in [0.05, 0.1) is 18.8 Å². The molecule has 1 unspecified atom stereocenters. The van der Waals surface area contributed by atoms with Crippen LogP contribution in [0.15, 0.2) is 97.1 Å². The number of hydrogen-bond acceptors (Lipinski definition) is 8. The van der Waals surface area contributed by atoms with Gasteiger partial charge in [0, 0.05) is 30.0 Å². The molecule has 43 heavy (non-hydrogen) atoms. The lowest BCUT2D eigenvalue weighted by Crippen LogP contribution is -2.34. The Hall–Kier alpha value is -4.31. The maximum atomic E-state index is 12.4. The van der Waals surface area contributed by atoms with Crippen LogP contribution in [-0.2, 0) is 14.3 Å². The molecule has 0 aliphatic heterocycles. The smallest absolute Gasteiger partial charge is 0.311 e. The molecule has 3 aromatic carbocycles. The van der Waals surface area contributed by atoms with E-state index < -0.39 is 24.2 Å². The molecule has 1 amide bonds. The zero-order valence-electron chi connectivity index (χ0n) is 23.8. The van der Waals surface area contributed by atoms with E-state index in [0.29, 0.717) is 42.0 Å². The van der Waals surface area contributed by atoms with Crippen molar-refractivity contribution in [1.29, 1.82) is 0 Å². The van der Waals surface area contributed by atoms with Crippen LogP contribution in [0.4, 0.5) is 5.69 Å². The van der Waals surface area contributed by atoms with Gasteiger partial charge in [-0.15, -0.1) is 0 Å². The summed E-state index contributed by atoms with van der Waals surface area (Å²) in [5.41, 5.74) is 1.14. The number of allylic oxidation sites excluding steroid dienone is 2. The van der Waals surface area contributed by atoms with E-state index in [1.165, 1.54) is 0 Å². The summed E-state index contributed by atoms with van der Waals surface area (Å²) in [4.78, 5) is 36.9. The van der Waals surface area contributed by atoms with E-state index in [-0.39, 0.29) is 43.7 Å². The quantitative estimate of drug-likeness (QED) is 0.132. The number of aliphatic hydroxyl groups is 2. The van der Waals surface area contributed by atoms with Crippen molar-refractivity contribution >= 4 is 23.3 Å². The van der Waals surface area contributed by atoms with Crippen LogP contribution in [0.2, 0.25) is 0 Å². The number of ketones is 1. The zero-order valence-corrected chi connectivity index (χ0v) is 23.8. The number of rotatable bonds is 15. The Labute approximate surface area is 251 Å². The summed E-state index contributed by atoms with van der Waals surface area (Å²) in [7, 11) is 0. The number of carbonyl (C=O) groups is 3. The lowest BCUT2D eigenvalue weighted by Gasteiger charge is -2.23. The van der Waals surface area contributed by atoms with Crippen molar-refractivity contribution in [3.63, 3.8) is 0 Å². The average Bonchev–Trinajstić information content (AvgIpc) is 3.29. The molecule has 1 aliphatic carbocycles. The first kappa shape index (κ1) is 31.6. The molecular formula is C34H37NO8. The van der Waals surface area contributed by atoms with Crippen LogP contribution in [0.3, 0.4) is 0 Å². The fourth-order valence-corrected chi connectivity index (χ4v) is 4.75. The highest BCUT2D eigenvalue weighted by molar-refractivity contribution is 6.04. The largest absolute Gasteiger partial charge is 0.491 e. The van der Waals surface area contributed by atoms with Gasteiger partial charge in [-0.1, -0.05) is 48.6 Å². The van der Waals surface area contributed by atoms with Crippen LogP contribution in [0.5, 0.6) is 11.5 Å². The summed E-state index contributed by atoms with van der Waals surface area (Å²) >= 11 is 0. The van der Waals surface area contributed by atoms with Gasteiger partial charge in [0.2, 0.25) is 0 Å². The minimum Gasteiger partial charge on any atom is -0.491 e. The number of esters is 1. The fraction of sp³-hybridized carbons (Fsp3) is 0.324. The van der Waals surface area contributed by atoms with Crippen LogP contribution in [0, 0.1) is 5.92 Å². The van der Waals surface area contributed by atoms with Gasteiger partial charge < -0.3 is 29.7 Å². The Bertz CT molecular complexity index is 1340. The van der Waals surface area contributed by atoms with Crippen LogP contribution in [-0.4, -0.2) is 59.4 Å². The molecule has 9 heteroatoms. The van der Waals surface area contributed by atoms with E-state index in [9.17, 15) is 24.6 Å². The summed E-state index contributed by atoms with van der Waals surface area (Å²) in [6.07, 6.45) is 3.02. The molecule has 1 saturated carbocycles. The number of para-hydroxylation sites is 1. The van der Waals surface area contributed by atoms with Crippen molar-refractivity contribution in [3.8, 4) is 11.5 Å². The summed E-state index contributed by atoms with van der Waals surface area (Å²) in [6, 6.07) is 24.6. The second kappa shape index (κ2) is 16.4. The van der Waals surface area contributed by atoms with E-state index in [1.807, 2.05) is 36.4 Å². The molecular weight excluding hydrogens is 550 g/mol. The van der Waals surface area contributed by atoms with E-state index in [0.717, 1.165) is 0 Å². The molecule has 0 aromatic heterocycles. The molecule has 0 bridgehead atoms. The molecule has 1 fully saturated rings. The van der Waals surface area contributed by atoms with Crippen molar-refractivity contribution in [2.75, 3.05) is 18.5 Å². The van der Waals surface area contributed by atoms with E-state index >= 15 is 0 Å². The van der Waals surface area contributed by atoms with Gasteiger partial charge in [-0.2, -0.15) is 0 Å². The number of carbonyl (C=O) groups excluding carboxylic acids is 3. The van der Waals surface area contributed by atoms with Gasteiger partial charge >= 0.3 is 5.97 Å². The topological polar surface area (TPSA) is 131 Å². The molecule has 9 nitrogen and oxygen atoms in total. The first-order chi connectivity index (χ1) is 20.9. The van der Waals surface area contributed by atoms with Crippen molar-refractivity contribution in [3.05, 3.63) is 103 Å². The number of hydrogen-bond donors (Lipinski definition) is 3. The molecule has 0 saturated heterocycles. The van der Waals surface area contributed by atoms with Crippen molar-refractivity contribution in [2.24, 2.45) is 5.92 Å². The van der Waals surface area contributed by atoms with Gasteiger partial charge in [-0.3, -0.25) is 14.4 Å². The minimum absolute atomic E-state index is 0.0296. The molecule has 4 atom stereocenters. The summed E-state index contributed by atoms with van der Waals surface area (Å²) < 4.78 is 16.7. The number of ether oxygens (including phenoxy) is 3. The predicted molar refractivity (Wildman–Crippen MR) is 161 cm³/mol. The van der Waals surface area contributed by atoms with E-state index in [2.05, 4.69) is 5.32 Å². The highest BCUT2D eigenvalue weighted by Gasteiger charge is 2.42. The van der Waals surface area contributed by atoms with Gasteiger partial charge in [-0.25, -0.2) is 0 Å². The molecule has 226 valence electrons. The van der Waals surface area contributed by atoms with Crippen molar-refractivity contribution in [1.82, 2.24) is 0 Å². The second-order valence-corrected chi connectivity index (χ2v) is 10.3. The number of Topliss-reactive ketones (excluding diaryl/α,β-unsaturated/α-hetero) is 1. The monoisotopic (exact) mass is 587 g/mol. The fourth-order valence-electron chi connectivity index (χ4n) is 4.75. The lowest BCUT2D eigenvalue weighted by molar-refractivity contribution is -0.134. The third-order valence-corrected chi connectivity index (χ3v) is 6.97. The Balaban J connectivity index is 1.12. The first-order valence-corrected chi connectivity index (χ1v) is 14.4. The van der Waals surface area contributed by atoms with Gasteiger partial charge in [0.15, 0.2) is 0 Å². The van der Waals surface area contributed by atoms with Crippen molar-refractivity contribution in [2.45, 2.75) is 50.4 Å². The zero-order chi connectivity index (χ0) is 30.4. The Morgan fingerprint density at radius 1 is 0.884 bits per heavy atom.